The van der Waals surface area contributed by atoms with E-state index in [1.807, 2.05) is 0 Å². The molecule has 5 aromatic rings. The van der Waals surface area contributed by atoms with Gasteiger partial charge in [-0.3, -0.25) is 9.97 Å². The van der Waals surface area contributed by atoms with Crippen LogP contribution >= 0.6 is 22.6 Å². The van der Waals surface area contributed by atoms with E-state index in [0.29, 0.717) is 0 Å². The highest BCUT2D eigenvalue weighted by Crippen LogP contribution is 2.32. The molecule has 2 aromatic carbocycles. The molecule has 0 spiro atoms. The fraction of sp³-hybridized carbons (Fsp3) is 0.211. The number of aromatic amines is 2. The van der Waals surface area contributed by atoms with Crippen molar-refractivity contribution in [1.82, 2.24) is 19.9 Å². The lowest BCUT2D eigenvalue weighted by atomic mass is 9.90. The van der Waals surface area contributed by atoms with E-state index in [2.05, 4.69) is 153 Å². The summed E-state index contributed by atoms with van der Waals surface area (Å²) >= 11 is 2.44. The number of fused-ring (bicyclic) bond motifs is 8. The van der Waals surface area contributed by atoms with Gasteiger partial charge in [-0.15, -0.1) is 0 Å². The van der Waals surface area contributed by atoms with E-state index in [0.717, 1.165) is 70.8 Å². The first-order valence-corrected chi connectivity index (χ1v) is 15.9. The van der Waals surface area contributed by atoms with E-state index < -0.39 is 0 Å². The largest absolute Gasteiger partial charge is 0.355 e. The third-order valence-corrected chi connectivity index (χ3v) is 9.78. The maximum atomic E-state index is 5.42. The van der Waals surface area contributed by atoms with Gasteiger partial charge in [0.2, 0.25) is 0 Å². The van der Waals surface area contributed by atoms with Crippen LogP contribution in [-0.4, -0.2) is 19.9 Å². The first kappa shape index (κ1) is 27.8. The van der Waals surface area contributed by atoms with Crippen LogP contribution in [0.5, 0.6) is 0 Å². The maximum absolute atomic E-state index is 5.42. The van der Waals surface area contributed by atoms with Crippen molar-refractivity contribution in [2.45, 2.75) is 53.4 Å². The number of halogens is 1. The van der Waals surface area contributed by atoms with Gasteiger partial charge in [0.05, 0.1) is 31.2 Å². The fourth-order valence-corrected chi connectivity index (χ4v) is 7.16. The number of nitrogens with zero attached hydrogens (tertiary/aromatic N) is 2. The summed E-state index contributed by atoms with van der Waals surface area (Å²) in [6.07, 6.45) is 5.33. The van der Waals surface area contributed by atoms with Crippen molar-refractivity contribution in [3.63, 3.8) is 0 Å². The average Bonchev–Trinajstić information content (AvgIpc) is 3.75. The zero-order valence-corrected chi connectivity index (χ0v) is 27.6. The van der Waals surface area contributed by atoms with E-state index in [9.17, 15) is 0 Å². The summed E-state index contributed by atoms with van der Waals surface area (Å²) in [6.45, 7) is 13.2. The molecule has 0 atom stereocenters. The highest BCUT2D eigenvalue weighted by Gasteiger charge is 2.24. The van der Waals surface area contributed by atoms with E-state index >= 15 is 0 Å². The number of hydrogen-bond donors (Lipinski definition) is 2. The van der Waals surface area contributed by atoms with Crippen LogP contribution in [0.25, 0.3) is 56.5 Å². The van der Waals surface area contributed by atoms with Gasteiger partial charge in [0.25, 0.3) is 0 Å². The molecule has 0 saturated heterocycles. The minimum atomic E-state index is -0.189. The molecular weight excluding hydrogens is 639 g/mol. The normalized spacial score (nSPS) is 13.9. The van der Waals surface area contributed by atoms with E-state index in [4.69, 9.17) is 9.97 Å². The van der Waals surface area contributed by atoms with Crippen molar-refractivity contribution in [3.8, 4) is 22.3 Å². The van der Waals surface area contributed by atoms with Crippen molar-refractivity contribution < 1.29 is 0 Å². The van der Waals surface area contributed by atoms with Gasteiger partial charge in [0.1, 0.15) is 0 Å². The fourth-order valence-electron chi connectivity index (χ4n) is 6.57. The average molecular weight is 675 g/mol. The SMILES string of the molecule is Cc1ccc(-c2c3nc(c(-c4c(C)cc(C)cc4C)c4ccc([nH]4)c(I)c4nc(cc5ccc2[nH]5)C(C)(C)C=4)=CC3)cc1. The molecule has 2 aliphatic rings. The lowest BCUT2D eigenvalue weighted by Gasteiger charge is -2.13. The summed E-state index contributed by atoms with van der Waals surface area (Å²) in [5.74, 6) is 0. The molecule has 4 nitrogen and oxygen atoms in total. The Morgan fingerprint density at radius 1 is 0.674 bits per heavy atom. The summed E-state index contributed by atoms with van der Waals surface area (Å²) in [7, 11) is 0. The molecule has 0 saturated carbocycles. The second-order valence-electron chi connectivity index (χ2n) is 12.6. The summed E-state index contributed by atoms with van der Waals surface area (Å²) < 4.78 is 1.11. The number of aromatic nitrogens is 4. The topological polar surface area (TPSA) is 57.4 Å². The first-order chi connectivity index (χ1) is 20.6. The Morgan fingerprint density at radius 2 is 1.35 bits per heavy atom. The van der Waals surface area contributed by atoms with Crippen molar-refractivity contribution in [1.29, 1.82) is 0 Å². The molecule has 8 bridgehead atoms. The van der Waals surface area contributed by atoms with Crippen LogP contribution in [0.1, 0.15) is 47.5 Å². The number of aryl methyl sites for hydroxylation is 4. The molecule has 7 rings (SSSR count). The molecule has 3 aromatic heterocycles. The molecule has 43 heavy (non-hydrogen) atoms. The van der Waals surface area contributed by atoms with Gasteiger partial charge in [-0.1, -0.05) is 67.4 Å². The summed E-state index contributed by atoms with van der Waals surface area (Å²) in [5.41, 5.74) is 15.8. The number of H-pyrrole nitrogens is 2. The van der Waals surface area contributed by atoms with Gasteiger partial charge in [-0.2, -0.15) is 0 Å². The standard InChI is InChI=1S/C38H35IN4/c1-21-7-9-25(10-8-21)35-27-12-11-26(40-27)19-33-38(5,6)20-32(43-33)37(39)31-16-15-30(42-31)36(29-14-13-28(35)41-29)34-23(3)17-22(2)18-24(34)4/h7-12,14-20,40,42H,13H2,1-6H3. The Balaban J connectivity index is 1.69. The van der Waals surface area contributed by atoms with Crippen LogP contribution in [0.15, 0.2) is 66.7 Å². The van der Waals surface area contributed by atoms with Gasteiger partial charge >= 0.3 is 0 Å². The van der Waals surface area contributed by atoms with Gasteiger partial charge in [0, 0.05) is 39.5 Å². The van der Waals surface area contributed by atoms with Gasteiger partial charge < -0.3 is 9.97 Å². The Labute approximate surface area is 265 Å². The molecule has 214 valence electrons. The molecule has 5 heteroatoms. The van der Waals surface area contributed by atoms with Crippen LogP contribution in [0, 0.1) is 31.3 Å². The molecule has 2 N–H and O–H groups in total. The predicted molar refractivity (Wildman–Crippen MR) is 188 cm³/mol. The van der Waals surface area contributed by atoms with Gasteiger partial charge in [-0.25, -0.2) is 0 Å². The van der Waals surface area contributed by atoms with Gasteiger partial charge in [0.15, 0.2) is 0 Å². The van der Waals surface area contributed by atoms with Crippen LogP contribution in [-0.2, 0) is 11.8 Å². The Kier molecular flexibility index (Phi) is 6.69. The second kappa shape index (κ2) is 10.3. The maximum Gasteiger partial charge on any atom is 0.0757 e. The second-order valence-corrected chi connectivity index (χ2v) is 13.6. The Morgan fingerprint density at radius 3 is 2.09 bits per heavy atom. The van der Waals surface area contributed by atoms with E-state index in [1.54, 1.807) is 0 Å². The zero-order valence-electron chi connectivity index (χ0n) is 25.5. The van der Waals surface area contributed by atoms with Crippen molar-refractivity contribution >= 4 is 56.8 Å². The third-order valence-electron chi connectivity index (χ3n) is 8.64. The Hall–Kier alpha value is -3.97. The number of nitrogens with one attached hydrogen (secondary N) is 2. The van der Waals surface area contributed by atoms with Crippen LogP contribution in [0.2, 0.25) is 0 Å². The van der Waals surface area contributed by atoms with Crippen LogP contribution in [0.4, 0.5) is 0 Å². The molecule has 0 aliphatic carbocycles. The monoisotopic (exact) mass is 674 g/mol. The smallest absolute Gasteiger partial charge is 0.0757 e. The van der Waals surface area contributed by atoms with Crippen molar-refractivity contribution in [2.75, 3.05) is 0 Å². The molecule has 2 aliphatic heterocycles. The van der Waals surface area contributed by atoms with Gasteiger partial charge in [-0.05, 0) is 109 Å². The molecule has 5 heterocycles. The number of benzene rings is 2. The Bertz CT molecular complexity index is 2210. The van der Waals surface area contributed by atoms with Crippen molar-refractivity contribution in [3.05, 3.63) is 115 Å². The van der Waals surface area contributed by atoms with Crippen LogP contribution < -0.4 is 10.7 Å². The van der Waals surface area contributed by atoms with Crippen LogP contribution in [0.3, 0.4) is 0 Å². The number of rotatable bonds is 2. The molecule has 0 unspecified atom stereocenters. The highest BCUT2D eigenvalue weighted by molar-refractivity contribution is 14.1. The summed E-state index contributed by atoms with van der Waals surface area (Å²) in [5, 5.41) is 2.01. The minimum absolute atomic E-state index is 0.189. The lowest BCUT2D eigenvalue weighted by molar-refractivity contribution is 0.706. The van der Waals surface area contributed by atoms with Crippen molar-refractivity contribution in [2.24, 2.45) is 0 Å². The first-order valence-electron chi connectivity index (χ1n) is 14.8. The minimum Gasteiger partial charge on any atom is -0.355 e. The van der Waals surface area contributed by atoms with E-state index in [1.165, 1.54) is 27.8 Å². The summed E-state index contributed by atoms with van der Waals surface area (Å²) in [6, 6.07) is 24.2. The quantitative estimate of drug-likeness (QED) is 0.185. The zero-order chi connectivity index (χ0) is 30.0. The number of hydrogen-bond acceptors (Lipinski definition) is 2. The lowest BCUT2D eigenvalue weighted by Crippen LogP contribution is -2.10. The third kappa shape index (κ3) is 4.93. The molecule has 0 amide bonds. The molecule has 0 radical (unpaired) electrons. The predicted octanol–water partition coefficient (Wildman–Crippen LogP) is 8.27. The molecular formula is C38H35IN4. The highest BCUT2D eigenvalue weighted by atomic mass is 127. The molecule has 0 fully saturated rings. The van der Waals surface area contributed by atoms with E-state index in [-0.39, 0.29) is 5.41 Å². The summed E-state index contributed by atoms with van der Waals surface area (Å²) in [4.78, 5) is 18.1.